The average molecular weight is 354 g/mol. The zero-order valence-electron chi connectivity index (χ0n) is 12.1. The number of ether oxygens (including phenoxy) is 2. The molecular formula is C16H17BrFNO2. The molecule has 2 N–H and O–H groups in total. The van der Waals surface area contributed by atoms with Crippen molar-refractivity contribution in [2.75, 3.05) is 14.2 Å². The molecule has 112 valence electrons. The van der Waals surface area contributed by atoms with Crippen LogP contribution in [0.15, 0.2) is 34.8 Å². The van der Waals surface area contributed by atoms with E-state index < -0.39 is 0 Å². The molecule has 0 heterocycles. The van der Waals surface area contributed by atoms with Gasteiger partial charge in [0.15, 0.2) is 0 Å². The lowest BCUT2D eigenvalue weighted by molar-refractivity contribution is 0.390. The lowest BCUT2D eigenvalue weighted by Gasteiger charge is -2.15. The van der Waals surface area contributed by atoms with E-state index in [2.05, 4.69) is 15.9 Å². The topological polar surface area (TPSA) is 44.5 Å². The highest BCUT2D eigenvalue weighted by Gasteiger charge is 2.17. The van der Waals surface area contributed by atoms with Gasteiger partial charge < -0.3 is 15.2 Å². The minimum Gasteiger partial charge on any atom is -0.495 e. The minimum atomic E-state index is -0.324. The number of rotatable bonds is 4. The number of methoxy groups -OCH3 is 2. The molecule has 1 atom stereocenters. The Bertz CT molecular complexity index is 659. The normalized spacial score (nSPS) is 12.1. The van der Waals surface area contributed by atoms with Crippen molar-refractivity contribution < 1.29 is 13.9 Å². The first kappa shape index (κ1) is 15.8. The second-order valence-electron chi connectivity index (χ2n) is 4.69. The molecule has 2 aromatic carbocycles. The highest BCUT2D eigenvalue weighted by molar-refractivity contribution is 9.10. The molecule has 0 spiro atoms. The van der Waals surface area contributed by atoms with Crippen molar-refractivity contribution in [3.05, 3.63) is 46.2 Å². The lowest BCUT2D eigenvalue weighted by Crippen LogP contribution is -2.05. The Morgan fingerprint density at radius 2 is 1.81 bits per heavy atom. The van der Waals surface area contributed by atoms with Gasteiger partial charge in [0.25, 0.3) is 0 Å². The minimum absolute atomic E-state index is 0.169. The highest BCUT2D eigenvalue weighted by atomic mass is 79.9. The summed E-state index contributed by atoms with van der Waals surface area (Å²) in [5, 5.41) is 0. The summed E-state index contributed by atoms with van der Waals surface area (Å²) in [5.74, 6) is 0.823. The van der Waals surface area contributed by atoms with Crippen LogP contribution >= 0.6 is 15.9 Å². The van der Waals surface area contributed by atoms with Crippen molar-refractivity contribution >= 4 is 15.9 Å². The fraction of sp³-hybridized carbons (Fsp3) is 0.250. The van der Waals surface area contributed by atoms with E-state index in [1.807, 2.05) is 6.92 Å². The second kappa shape index (κ2) is 6.45. The molecule has 5 heteroatoms. The van der Waals surface area contributed by atoms with E-state index in [9.17, 15) is 4.39 Å². The maximum atomic E-state index is 14.2. The van der Waals surface area contributed by atoms with Crippen LogP contribution in [0.5, 0.6) is 11.5 Å². The third kappa shape index (κ3) is 3.04. The van der Waals surface area contributed by atoms with E-state index in [0.717, 1.165) is 5.56 Å². The Balaban J connectivity index is 2.66. The quantitative estimate of drug-likeness (QED) is 0.891. The van der Waals surface area contributed by atoms with E-state index in [1.165, 1.54) is 13.2 Å². The van der Waals surface area contributed by atoms with Crippen LogP contribution in [-0.2, 0) is 0 Å². The van der Waals surface area contributed by atoms with Crippen LogP contribution in [0.25, 0.3) is 11.1 Å². The molecule has 21 heavy (non-hydrogen) atoms. The number of halogens is 2. The summed E-state index contributed by atoms with van der Waals surface area (Å²) in [6.45, 7) is 1.86. The molecule has 0 saturated heterocycles. The monoisotopic (exact) mass is 353 g/mol. The summed E-state index contributed by atoms with van der Waals surface area (Å²) < 4.78 is 25.5. The fourth-order valence-electron chi connectivity index (χ4n) is 2.14. The largest absolute Gasteiger partial charge is 0.495 e. The van der Waals surface area contributed by atoms with Gasteiger partial charge in [-0.1, -0.05) is 6.07 Å². The second-order valence-corrected chi connectivity index (χ2v) is 5.48. The van der Waals surface area contributed by atoms with Crippen LogP contribution in [-0.4, -0.2) is 14.2 Å². The fourth-order valence-corrected chi connectivity index (χ4v) is 2.81. The molecule has 3 nitrogen and oxygen atoms in total. The SMILES string of the molecule is COc1ccc(-c2cc(C(C)N)ccc2F)c(OC)c1Br. The van der Waals surface area contributed by atoms with Gasteiger partial charge >= 0.3 is 0 Å². The van der Waals surface area contributed by atoms with Crippen LogP contribution in [0.1, 0.15) is 18.5 Å². The Labute approximate surface area is 132 Å². The van der Waals surface area contributed by atoms with Crippen LogP contribution in [0, 0.1) is 5.82 Å². The third-order valence-electron chi connectivity index (χ3n) is 3.29. The predicted octanol–water partition coefficient (Wildman–Crippen LogP) is 4.29. The van der Waals surface area contributed by atoms with Crippen LogP contribution in [0.4, 0.5) is 4.39 Å². The average Bonchev–Trinajstić information content (AvgIpc) is 2.47. The van der Waals surface area contributed by atoms with Crippen LogP contribution in [0.2, 0.25) is 0 Å². The molecule has 0 fully saturated rings. The summed E-state index contributed by atoms with van der Waals surface area (Å²) in [7, 11) is 3.10. The molecule has 0 aromatic heterocycles. The maximum absolute atomic E-state index is 14.2. The van der Waals surface area contributed by atoms with E-state index in [1.54, 1.807) is 31.4 Å². The molecule has 0 bridgehead atoms. The van der Waals surface area contributed by atoms with Crippen molar-refractivity contribution in [2.24, 2.45) is 5.73 Å². The number of hydrogen-bond acceptors (Lipinski definition) is 3. The Morgan fingerprint density at radius 3 is 2.38 bits per heavy atom. The zero-order valence-corrected chi connectivity index (χ0v) is 13.7. The van der Waals surface area contributed by atoms with Gasteiger partial charge in [0.2, 0.25) is 0 Å². The van der Waals surface area contributed by atoms with Gasteiger partial charge in [0, 0.05) is 17.2 Å². The lowest BCUT2D eigenvalue weighted by atomic mass is 9.99. The van der Waals surface area contributed by atoms with E-state index in [0.29, 0.717) is 27.1 Å². The van der Waals surface area contributed by atoms with Gasteiger partial charge in [-0.25, -0.2) is 4.39 Å². The number of nitrogens with two attached hydrogens (primary N) is 1. The molecular weight excluding hydrogens is 337 g/mol. The van der Waals surface area contributed by atoms with Gasteiger partial charge in [0.05, 0.1) is 14.2 Å². The van der Waals surface area contributed by atoms with Crippen molar-refractivity contribution in [3.63, 3.8) is 0 Å². The smallest absolute Gasteiger partial charge is 0.144 e. The molecule has 0 aliphatic rings. The molecule has 0 saturated carbocycles. The summed E-state index contributed by atoms with van der Waals surface area (Å²) in [5.41, 5.74) is 7.83. The first-order chi connectivity index (χ1) is 9.99. The molecule has 0 aliphatic carbocycles. The zero-order chi connectivity index (χ0) is 15.6. The van der Waals surface area contributed by atoms with Crippen LogP contribution in [0.3, 0.4) is 0 Å². The molecule has 0 amide bonds. The number of hydrogen-bond donors (Lipinski definition) is 1. The first-order valence-electron chi connectivity index (χ1n) is 6.45. The Kier molecular flexibility index (Phi) is 4.85. The summed E-state index contributed by atoms with van der Waals surface area (Å²) in [6, 6.07) is 8.22. The Morgan fingerprint density at radius 1 is 1.10 bits per heavy atom. The van der Waals surface area contributed by atoms with E-state index in [-0.39, 0.29) is 11.9 Å². The molecule has 1 unspecified atom stereocenters. The molecule has 0 radical (unpaired) electrons. The predicted molar refractivity (Wildman–Crippen MR) is 85.2 cm³/mol. The van der Waals surface area contributed by atoms with Crippen molar-refractivity contribution in [1.82, 2.24) is 0 Å². The van der Waals surface area contributed by atoms with Crippen LogP contribution < -0.4 is 15.2 Å². The van der Waals surface area contributed by atoms with Gasteiger partial charge in [-0.3, -0.25) is 0 Å². The standard InChI is InChI=1S/C16H17BrFNO2/c1-9(19)10-4-6-13(18)12(8-10)11-5-7-14(20-2)15(17)16(11)21-3/h4-9H,19H2,1-3H3. The van der Waals surface area contributed by atoms with Crippen molar-refractivity contribution in [2.45, 2.75) is 13.0 Å². The summed E-state index contributed by atoms with van der Waals surface area (Å²) in [6.07, 6.45) is 0. The molecule has 0 aliphatic heterocycles. The van der Waals surface area contributed by atoms with Gasteiger partial charge in [0.1, 0.15) is 21.8 Å². The van der Waals surface area contributed by atoms with E-state index >= 15 is 0 Å². The highest BCUT2D eigenvalue weighted by Crippen LogP contribution is 2.43. The maximum Gasteiger partial charge on any atom is 0.144 e. The van der Waals surface area contributed by atoms with Crippen molar-refractivity contribution in [3.8, 4) is 22.6 Å². The number of benzene rings is 2. The van der Waals surface area contributed by atoms with Gasteiger partial charge in [-0.2, -0.15) is 0 Å². The third-order valence-corrected chi connectivity index (χ3v) is 4.04. The van der Waals surface area contributed by atoms with Crippen molar-refractivity contribution in [1.29, 1.82) is 0 Å². The molecule has 2 rings (SSSR count). The Hall–Kier alpha value is -1.59. The van der Waals surface area contributed by atoms with E-state index in [4.69, 9.17) is 15.2 Å². The van der Waals surface area contributed by atoms with Gasteiger partial charge in [-0.15, -0.1) is 0 Å². The summed E-state index contributed by atoms with van der Waals surface area (Å²) >= 11 is 3.42. The summed E-state index contributed by atoms with van der Waals surface area (Å²) in [4.78, 5) is 0. The molecule has 2 aromatic rings. The van der Waals surface area contributed by atoms with Gasteiger partial charge in [-0.05, 0) is 52.7 Å². The first-order valence-corrected chi connectivity index (χ1v) is 7.24.